The molecule has 1 unspecified atom stereocenters. The Hall–Kier alpha value is -1.14. The third-order valence-electron chi connectivity index (χ3n) is 3.84. The molecule has 1 heterocycles. The lowest BCUT2D eigenvalue weighted by molar-refractivity contribution is -0.145. The van der Waals surface area contributed by atoms with Crippen molar-refractivity contribution in [2.75, 3.05) is 32.8 Å². The van der Waals surface area contributed by atoms with E-state index in [4.69, 9.17) is 10.2 Å². The molecule has 0 saturated carbocycles. The lowest BCUT2D eigenvalue weighted by Gasteiger charge is -2.30. The van der Waals surface area contributed by atoms with E-state index in [1.54, 1.807) is 4.90 Å². The first-order valence-electron chi connectivity index (χ1n) is 7.36. The van der Waals surface area contributed by atoms with Crippen molar-refractivity contribution in [3.8, 4) is 0 Å². The van der Waals surface area contributed by atoms with Crippen LogP contribution in [0.3, 0.4) is 0 Å². The van der Waals surface area contributed by atoms with E-state index in [9.17, 15) is 9.59 Å². The number of aliphatic hydroxyl groups excluding tert-OH is 1. The van der Waals surface area contributed by atoms with Crippen molar-refractivity contribution in [2.45, 2.75) is 32.6 Å². The highest BCUT2D eigenvalue weighted by Crippen LogP contribution is 2.17. The summed E-state index contributed by atoms with van der Waals surface area (Å²) in [6.07, 6.45) is 2.99. The first-order valence-corrected chi connectivity index (χ1v) is 7.36. The van der Waals surface area contributed by atoms with Gasteiger partial charge in [0.25, 0.3) is 0 Å². The summed E-state index contributed by atoms with van der Waals surface area (Å²) in [7, 11) is 0. The molecule has 1 saturated heterocycles. The van der Waals surface area contributed by atoms with Crippen LogP contribution in [0.25, 0.3) is 0 Å². The number of aliphatic hydroxyl groups is 1. The molecule has 0 spiro atoms. The average molecular weight is 286 g/mol. The van der Waals surface area contributed by atoms with Crippen molar-refractivity contribution in [1.29, 1.82) is 0 Å². The number of likely N-dealkylation sites (tertiary alicyclic amines) is 1. The average Bonchev–Trinajstić information content (AvgIpc) is 2.46. The van der Waals surface area contributed by atoms with Crippen LogP contribution in [0.2, 0.25) is 0 Å². The van der Waals surface area contributed by atoms with E-state index >= 15 is 0 Å². The predicted molar refractivity (Wildman–Crippen MR) is 75.3 cm³/mol. The highest BCUT2D eigenvalue weighted by Gasteiger charge is 2.26. The Morgan fingerprint density at radius 2 is 2.00 bits per heavy atom. The number of carbonyl (C=O) groups excluding carboxylic acids is 1. The fourth-order valence-corrected chi connectivity index (χ4v) is 2.35. The van der Waals surface area contributed by atoms with Gasteiger partial charge < -0.3 is 20.4 Å². The van der Waals surface area contributed by atoms with Crippen molar-refractivity contribution in [3.63, 3.8) is 0 Å². The van der Waals surface area contributed by atoms with E-state index in [0.717, 1.165) is 19.4 Å². The van der Waals surface area contributed by atoms with Gasteiger partial charge in [0.2, 0.25) is 5.91 Å². The van der Waals surface area contributed by atoms with Crippen LogP contribution >= 0.6 is 0 Å². The molecule has 0 aromatic carbocycles. The fourth-order valence-electron chi connectivity index (χ4n) is 2.35. The normalized spacial score (nSPS) is 18.0. The van der Waals surface area contributed by atoms with Crippen LogP contribution < -0.4 is 5.32 Å². The number of aliphatic carboxylic acids is 1. The van der Waals surface area contributed by atoms with Gasteiger partial charge >= 0.3 is 5.97 Å². The van der Waals surface area contributed by atoms with Crippen LogP contribution in [-0.4, -0.2) is 59.8 Å². The molecular weight excluding hydrogens is 260 g/mol. The number of hydrogen-bond donors (Lipinski definition) is 3. The SMILES string of the molecule is CC(CO)CCCNCC(=O)N1CCC(C(=O)O)CC1. The zero-order valence-electron chi connectivity index (χ0n) is 12.2. The molecule has 116 valence electrons. The molecule has 0 aromatic heterocycles. The molecule has 1 rings (SSSR count). The van der Waals surface area contributed by atoms with E-state index in [0.29, 0.717) is 38.4 Å². The van der Waals surface area contributed by atoms with E-state index in [2.05, 4.69) is 5.32 Å². The first-order chi connectivity index (χ1) is 9.54. The molecule has 1 amide bonds. The summed E-state index contributed by atoms with van der Waals surface area (Å²) in [5.41, 5.74) is 0. The largest absolute Gasteiger partial charge is 0.481 e. The van der Waals surface area contributed by atoms with Crippen molar-refractivity contribution in [2.24, 2.45) is 11.8 Å². The Bertz CT molecular complexity index is 314. The Morgan fingerprint density at radius 3 is 2.55 bits per heavy atom. The maximum atomic E-state index is 11.9. The molecule has 0 aromatic rings. The van der Waals surface area contributed by atoms with E-state index < -0.39 is 5.97 Å². The van der Waals surface area contributed by atoms with Crippen molar-refractivity contribution < 1.29 is 19.8 Å². The van der Waals surface area contributed by atoms with Crippen LogP contribution in [0.4, 0.5) is 0 Å². The second-order valence-corrected chi connectivity index (χ2v) is 5.60. The molecule has 1 aliphatic heterocycles. The van der Waals surface area contributed by atoms with Crippen molar-refractivity contribution in [3.05, 3.63) is 0 Å². The predicted octanol–water partition coefficient (Wildman–Crippen LogP) is 0.308. The Labute approximate surface area is 120 Å². The van der Waals surface area contributed by atoms with Gasteiger partial charge in [-0.15, -0.1) is 0 Å². The third kappa shape index (κ3) is 5.88. The molecule has 6 heteroatoms. The quantitative estimate of drug-likeness (QED) is 0.559. The van der Waals surface area contributed by atoms with Gasteiger partial charge in [-0.3, -0.25) is 9.59 Å². The van der Waals surface area contributed by atoms with Crippen LogP contribution in [0.15, 0.2) is 0 Å². The molecule has 1 aliphatic rings. The number of hydrogen-bond acceptors (Lipinski definition) is 4. The fraction of sp³-hybridized carbons (Fsp3) is 0.857. The minimum Gasteiger partial charge on any atom is -0.481 e. The first kappa shape index (κ1) is 16.9. The van der Waals surface area contributed by atoms with E-state index in [-0.39, 0.29) is 18.4 Å². The summed E-state index contributed by atoms with van der Waals surface area (Å²) < 4.78 is 0. The monoisotopic (exact) mass is 286 g/mol. The summed E-state index contributed by atoms with van der Waals surface area (Å²) in [6, 6.07) is 0. The minimum absolute atomic E-state index is 0.0454. The summed E-state index contributed by atoms with van der Waals surface area (Å²) in [5, 5.41) is 20.9. The summed E-state index contributed by atoms with van der Waals surface area (Å²) in [6.45, 7) is 4.36. The maximum Gasteiger partial charge on any atom is 0.306 e. The van der Waals surface area contributed by atoms with Crippen LogP contribution in [-0.2, 0) is 9.59 Å². The second-order valence-electron chi connectivity index (χ2n) is 5.60. The molecule has 1 fully saturated rings. The number of rotatable bonds is 8. The topological polar surface area (TPSA) is 89.9 Å². The molecule has 3 N–H and O–H groups in total. The number of piperidine rings is 1. The smallest absolute Gasteiger partial charge is 0.306 e. The molecule has 1 atom stereocenters. The zero-order chi connectivity index (χ0) is 15.0. The van der Waals surface area contributed by atoms with Crippen LogP contribution in [0.1, 0.15) is 32.6 Å². The number of amides is 1. The number of carboxylic acids is 1. The molecule has 0 radical (unpaired) electrons. The molecule has 0 aliphatic carbocycles. The summed E-state index contributed by atoms with van der Waals surface area (Å²) >= 11 is 0. The lowest BCUT2D eigenvalue weighted by atomic mass is 9.97. The van der Waals surface area contributed by atoms with Gasteiger partial charge in [0.05, 0.1) is 12.5 Å². The number of nitrogens with zero attached hydrogens (tertiary/aromatic N) is 1. The van der Waals surface area contributed by atoms with Gasteiger partial charge in [0, 0.05) is 19.7 Å². The van der Waals surface area contributed by atoms with Crippen molar-refractivity contribution >= 4 is 11.9 Å². The van der Waals surface area contributed by atoms with Gasteiger partial charge in [-0.05, 0) is 38.1 Å². The second kappa shape index (κ2) is 8.92. The van der Waals surface area contributed by atoms with Crippen molar-refractivity contribution in [1.82, 2.24) is 10.2 Å². The van der Waals surface area contributed by atoms with E-state index in [1.165, 1.54) is 0 Å². The van der Waals surface area contributed by atoms with Gasteiger partial charge in [-0.2, -0.15) is 0 Å². The standard InChI is InChI=1S/C14H26N2O4/c1-11(10-17)3-2-6-15-9-13(18)16-7-4-12(5-8-16)14(19)20/h11-12,15,17H,2-10H2,1H3,(H,19,20). The molecule has 0 bridgehead atoms. The molecule has 20 heavy (non-hydrogen) atoms. The lowest BCUT2D eigenvalue weighted by Crippen LogP contribution is -2.44. The number of nitrogens with one attached hydrogen (secondary N) is 1. The summed E-state index contributed by atoms with van der Waals surface area (Å²) in [5.74, 6) is -0.702. The zero-order valence-corrected chi connectivity index (χ0v) is 12.2. The van der Waals surface area contributed by atoms with Crippen LogP contribution in [0, 0.1) is 11.8 Å². The van der Waals surface area contributed by atoms with Gasteiger partial charge in [0.1, 0.15) is 0 Å². The third-order valence-corrected chi connectivity index (χ3v) is 3.84. The van der Waals surface area contributed by atoms with Gasteiger partial charge in [0.15, 0.2) is 0 Å². The number of carboxylic acid groups (broad SMARTS) is 1. The van der Waals surface area contributed by atoms with E-state index in [1.807, 2.05) is 6.92 Å². The highest BCUT2D eigenvalue weighted by molar-refractivity contribution is 5.78. The molecular formula is C14H26N2O4. The molecule has 6 nitrogen and oxygen atoms in total. The van der Waals surface area contributed by atoms with Crippen LogP contribution in [0.5, 0.6) is 0 Å². The van der Waals surface area contributed by atoms with Gasteiger partial charge in [-0.25, -0.2) is 0 Å². The number of carbonyl (C=O) groups is 2. The Kier molecular flexibility index (Phi) is 7.54. The Balaban J connectivity index is 2.10. The highest BCUT2D eigenvalue weighted by atomic mass is 16.4. The maximum absolute atomic E-state index is 11.9. The Morgan fingerprint density at radius 1 is 1.35 bits per heavy atom. The van der Waals surface area contributed by atoms with Gasteiger partial charge in [-0.1, -0.05) is 6.92 Å². The minimum atomic E-state index is -0.756. The summed E-state index contributed by atoms with van der Waals surface area (Å²) in [4.78, 5) is 24.5.